The number of anilines is 2. The first-order valence-corrected chi connectivity index (χ1v) is 10.6. The first-order chi connectivity index (χ1) is 15.1. The highest BCUT2D eigenvalue weighted by molar-refractivity contribution is 6.14. The second-order valence-electron chi connectivity index (χ2n) is 7.84. The molecule has 1 aliphatic heterocycles. The first kappa shape index (κ1) is 23.3. The molecule has 1 amide bonds. The molecule has 4 nitrogen and oxygen atoms in total. The summed E-state index contributed by atoms with van der Waals surface area (Å²) in [5, 5.41) is 2.80. The highest BCUT2D eigenvalue weighted by Gasteiger charge is 2.13. The maximum absolute atomic E-state index is 11.2. The van der Waals surface area contributed by atoms with Gasteiger partial charge in [-0.25, -0.2) is 0 Å². The average molecular weight is 446 g/mol. The van der Waals surface area contributed by atoms with Crippen molar-refractivity contribution >= 4 is 41.5 Å². The van der Waals surface area contributed by atoms with E-state index in [1.807, 2.05) is 12.1 Å². The summed E-state index contributed by atoms with van der Waals surface area (Å²) < 4.78 is 0. The SMILES string of the molecule is CC(=O)Nc1ccc(Cc2cccc(C=CC3=NCCN(C)c4ccccc43)c2)cc1.Cl. The fourth-order valence-electron chi connectivity index (χ4n) is 3.82. The number of hydrogen-bond acceptors (Lipinski definition) is 3. The van der Waals surface area contributed by atoms with Crippen molar-refractivity contribution in [1.82, 2.24) is 0 Å². The quantitative estimate of drug-likeness (QED) is 0.554. The zero-order valence-electron chi connectivity index (χ0n) is 18.4. The lowest BCUT2D eigenvalue weighted by molar-refractivity contribution is -0.114. The van der Waals surface area contributed by atoms with Crippen LogP contribution in [0.15, 0.2) is 83.9 Å². The van der Waals surface area contributed by atoms with E-state index in [4.69, 9.17) is 4.99 Å². The van der Waals surface area contributed by atoms with Gasteiger partial charge in [-0.3, -0.25) is 9.79 Å². The van der Waals surface area contributed by atoms with Crippen LogP contribution in [0.5, 0.6) is 0 Å². The van der Waals surface area contributed by atoms with Crippen LogP contribution in [0.3, 0.4) is 0 Å². The maximum atomic E-state index is 11.2. The summed E-state index contributed by atoms with van der Waals surface area (Å²) in [6, 6.07) is 25.0. The first-order valence-electron chi connectivity index (χ1n) is 10.6. The van der Waals surface area contributed by atoms with Gasteiger partial charge in [-0.15, -0.1) is 12.4 Å². The van der Waals surface area contributed by atoms with Gasteiger partial charge < -0.3 is 10.2 Å². The molecule has 3 aromatic carbocycles. The van der Waals surface area contributed by atoms with Crippen molar-refractivity contribution in [2.45, 2.75) is 13.3 Å². The lowest BCUT2D eigenvalue weighted by atomic mass is 10.0. The molecule has 0 spiro atoms. The third-order valence-electron chi connectivity index (χ3n) is 5.38. The summed E-state index contributed by atoms with van der Waals surface area (Å²) >= 11 is 0. The number of para-hydroxylation sites is 1. The maximum Gasteiger partial charge on any atom is 0.221 e. The fraction of sp³-hybridized carbons (Fsp3) is 0.185. The average Bonchev–Trinajstić information content (AvgIpc) is 2.93. The molecule has 3 aromatic rings. The van der Waals surface area contributed by atoms with E-state index in [2.05, 4.69) is 90.1 Å². The third-order valence-corrected chi connectivity index (χ3v) is 5.38. The number of nitrogens with zero attached hydrogens (tertiary/aromatic N) is 2. The molecule has 0 fully saturated rings. The van der Waals surface area contributed by atoms with Crippen LogP contribution < -0.4 is 10.2 Å². The lowest BCUT2D eigenvalue weighted by Gasteiger charge is -2.18. The zero-order chi connectivity index (χ0) is 21.6. The highest BCUT2D eigenvalue weighted by atomic mass is 35.5. The van der Waals surface area contributed by atoms with Crippen LogP contribution in [-0.2, 0) is 11.2 Å². The molecule has 1 N–H and O–H groups in total. The van der Waals surface area contributed by atoms with E-state index in [0.717, 1.165) is 36.5 Å². The minimum Gasteiger partial charge on any atom is -0.372 e. The minimum atomic E-state index is -0.0558. The molecule has 0 radical (unpaired) electrons. The van der Waals surface area contributed by atoms with Crippen LogP contribution in [-0.4, -0.2) is 31.8 Å². The molecule has 4 rings (SSSR count). The largest absolute Gasteiger partial charge is 0.372 e. The number of halogens is 1. The molecule has 164 valence electrons. The number of fused-ring (bicyclic) bond motifs is 1. The third kappa shape index (κ3) is 5.86. The number of carbonyl (C=O) groups excluding carboxylic acids is 1. The van der Waals surface area contributed by atoms with Crippen LogP contribution in [0, 0.1) is 0 Å². The molecular formula is C27H28ClN3O. The molecule has 0 bridgehead atoms. The molecule has 0 saturated heterocycles. The van der Waals surface area contributed by atoms with Gasteiger partial charge in [-0.1, -0.05) is 60.7 Å². The monoisotopic (exact) mass is 445 g/mol. The van der Waals surface area contributed by atoms with Gasteiger partial charge in [0.25, 0.3) is 0 Å². The van der Waals surface area contributed by atoms with Gasteiger partial charge in [-0.2, -0.15) is 0 Å². The summed E-state index contributed by atoms with van der Waals surface area (Å²) in [5.74, 6) is -0.0558. The number of rotatable bonds is 5. The highest BCUT2D eigenvalue weighted by Crippen LogP contribution is 2.23. The van der Waals surface area contributed by atoms with Crippen molar-refractivity contribution < 1.29 is 4.79 Å². The van der Waals surface area contributed by atoms with Gasteiger partial charge in [0.05, 0.1) is 12.3 Å². The summed E-state index contributed by atoms with van der Waals surface area (Å²) in [4.78, 5) is 18.2. The van der Waals surface area contributed by atoms with Gasteiger partial charge >= 0.3 is 0 Å². The Kier molecular flexibility index (Phi) is 7.85. The molecule has 1 heterocycles. The number of amides is 1. The second kappa shape index (κ2) is 10.8. The van der Waals surface area contributed by atoms with Crippen molar-refractivity contribution in [2.24, 2.45) is 4.99 Å². The van der Waals surface area contributed by atoms with E-state index >= 15 is 0 Å². The Bertz CT molecular complexity index is 1140. The number of nitrogens with one attached hydrogen (secondary N) is 1. The van der Waals surface area contributed by atoms with Crippen LogP contribution in [0.25, 0.3) is 6.08 Å². The van der Waals surface area contributed by atoms with Crippen LogP contribution in [0.1, 0.15) is 29.2 Å². The van der Waals surface area contributed by atoms with E-state index in [1.54, 1.807) is 0 Å². The Morgan fingerprint density at radius 2 is 1.78 bits per heavy atom. The van der Waals surface area contributed by atoms with Crippen molar-refractivity contribution in [3.63, 3.8) is 0 Å². The molecule has 0 aromatic heterocycles. The lowest BCUT2D eigenvalue weighted by Crippen LogP contribution is -2.20. The number of likely N-dealkylation sites (N-methyl/N-ethyl adjacent to an activating group) is 1. The van der Waals surface area contributed by atoms with E-state index < -0.39 is 0 Å². The Hall–Kier alpha value is -3.37. The van der Waals surface area contributed by atoms with E-state index in [9.17, 15) is 4.79 Å². The Balaban J connectivity index is 0.00000289. The molecule has 0 aliphatic carbocycles. The molecule has 0 unspecified atom stereocenters. The van der Waals surface area contributed by atoms with Crippen molar-refractivity contribution in [3.05, 3.63) is 101 Å². The van der Waals surface area contributed by atoms with E-state index in [0.29, 0.717) is 0 Å². The normalized spacial score (nSPS) is 13.1. The summed E-state index contributed by atoms with van der Waals surface area (Å²) in [6.07, 6.45) is 5.11. The zero-order valence-corrected chi connectivity index (χ0v) is 19.2. The smallest absolute Gasteiger partial charge is 0.221 e. The van der Waals surface area contributed by atoms with E-state index in [-0.39, 0.29) is 18.3 Å². The van der Waals surface area contributed by atoms with Crippen LogP contribution in [0.4, 0.5) is 11.4 Å². The summed E-state index contributed by atoms with van der Waals surface area (Å²) in [7, 11) is 2.12. The number of benzene rings is 3. The number of carbonyl (C=O) groups is 1. The number of allylic oxidation sites excluding steroid dienone is 1. The Morgan fingerprint density at radius 3 is 2.56 bits per heavy atom. The molecular weight excluding hydrogens is 418 g/mol. The predicted molar refractivity (Wildman–Crippen MR) is 137 cm³/mol. The van der Waals surface area contributed by atoms with Gasteiger partial charge in [0.2, 0.25) is 5.91 Å². The topological polar surface area (TPSA) is 44.7 Å². The van der Waals surface area contributed by atoms with Gasteiger partial charge in [0, 0.05) is 37.5 Å². The van der Waals surface area contributed by atoms with Crippen molar-refractivity contribution in [2.75, 3.05) is 30.4 Å². The predicted octanol–water partition coefficient (Wildman–Crippen LogP) is 5.61. The second-order valence-corrected chi connectivity index (χ2v) is 7.84. The van der Waals surface area contributed by atoms with Crippen LogP contribution >= 0.6 is 12.4 Å². The summed E-state index contributed by atoms with van der Waals surface area (Å²) in [6.45, 7) is 3.23. The molecule has 0 atom stereocenters. The molecule has 0 saturated carbocycles. The minimum absolute atomic E-state index is 0. The van der Waals surface area contributed by atoms with E-state index in [1.165, 1.54) is 29.3 Å². The number of aliphatic imine (C=N–C) groups is 1. The molecule has 1 aliphatic rings. The Morgan fingerprint density at radius 1 is 1.00 bits per heavy atom. The standard InChI is InChI=1S/C27H27N3O.ClH/c1-20(31)29-24-13-10-22(11-14-24)19-23-7-5-6-21(18-23)12-15-26-25-8-3-4-9-27(25)30(2)17-16-28-26;/h3-15,18H,16-17,19H2,1-2H3,(H,29,31);1H. The van der Waals surface area contributed by atoms with Gasteiger partial charge in [0.1, 0.15) is 0 Å². The van der Waals surface area contributed by atoms with Crippen LogP contribution in [0.2, 0.25) is 0 Å². The molecule has 5 heteroatoms. The Labute approximate surface area is 196 Å². The number of benzodiazepines with no additional fused rings is 1. The van der Waals surface area contributed by atoms with Gasteiger partial charge in [-0.05, 0) is 47.4 Å². The van der Waals surface area contributed by atoms with Gasteiger partial charge in [0.15, 0.2) is 0 Å². The number of hydrogen-bond donors (Lipinski definition) is 1. The summed E-state index contributed by atoms with van der Waals surface area (Å²) in [5.41, 5.74) is 7.86. The van der Waals surface area contributed by atoms with Crippen molar-refractivity contribution in [3.8, 4) is 0 Å². The van der Waals surface area contributed by atoms with Crippen molar-refractivity contribution in [1.29, 1.82) is 0 Å². The molecule has 32 heavy (non-hydrogen) atoms. The fourth-order valence-corrected chi connectivity index (χ4v) is 3.82.